The van der Waals surface area contributed by atoms with Crippen molar-refractivity contribution in [2.45, 2.75) is 24.7 Å². The van der Waals surface area contributed by atoms with E-state index in [1.165, 1.54) is 77.4 Å². The molecule has 1 aliphatic carbocycles. The molecule has 2 heteroatoms. The van der Waals surface area contributed by atoms with E-state index in [4.69, 9.17) is 0 Å². The highest BCUT2D eigenvalue weighted by Gasteiger charge is 2.42. The van der Waals surface area contributed by atoms with Gasteiger partial charge in [0.2, 0.25) is 0 Å². The van der Waals surface area contributed by atoms with Crippen molar-refractivity contribution in [1.82, 2.24) is 9.55 Å². The first-order chi connectivity index (χ1) is 26.0. The van der Waals surface area contributed by atoms with Gasteiger partial charge in [-0.3, -0.25) is 4.98 Å². The average molecular weight is 679 g/mol. The summed E-state index contributed by atoms with van der Waals surface area (Å²) in [7, 11) is 0. The van der Waals surface area contributed by atoms with Crippen LogP contribution in [0.3, 0.4) is 0 Å². The summed E-state index contributed by atoms with van der Waals surface area (Å²) in [5.41, 5.74) is 15.7. The molecule has 10 rings (SSSR count). The Morgan fingerprint density at radius 2 is 0.943 bits per heavy atom. The molecule has 53 heavy (non-hydrogen) atoms. The van der Waals surface area contributed by atoms with Gasteiger partial charge in [0.15, 0.2) is 0 Å². The second kappa shape index (κ2) is 12.0. The third-order valence-corrected chi connectivity index (χ3v) is 11.7. The Labute approximate surface area is 310 Å². The lowest BCUT2D eigenvalue weighted by atomic mass is 9.64. The maximum absolute atomic E-state index is 4.27. The first-order valence-electron chi connectivity index (χ1n) is 18.5. The van der Waals surface area contributed by atoms with Crippen molar-refractivity contribution in [3.05, 3.63) is 228 Å². The minimum Gasteiger partial charge on any atom is -0.309 e. The summed E-state index contributed by atoms with van der Waals surface area (Å²) in [6.45, 7) is 4.79. The summed E-state index contributed by atoms with van der Waals surface area (Å²) in [6.07, 6.45) is 3.73. The van der Waals surface area contributed by atoms with Crippen LogP contribution >= 0.6 is 0 Å². The van der Waals surface area contributed by atoms with E-state index in [-0.39, 0.29) is 5.41 Å². The van der Waals surface area contributed by atoms with Crippen molar-refractivity contribution in [1.29, 1.82) is 0 Å². The summed E-state index contributed by atoms with van der Waals surface area (Å²) in [4.78, 5) is 4.27. The number of nitrogens with zero attached hydrogens (tertiary/aromatic N) is 2. The normalized spacial score (nSPS) is 13.2. The number of pyridine rings is 1. The zero-order valence-electron chi connectivity index (χ0n) is 29.9. The third kappa shape index (κ3) is 4.69. The van der Waals surface area contributed by atoms with E-state index in [1.54, 1.807) is 0 Å². The van der Waals surface area contributed by atoms with Crippen LogP contribution in [0.5, 0.6) is 0 Å². The molecule has 0 spiro atoms. The van der Waals surface area contributed by atoms with Crippen LogP contribution in [-0.4, -0.2) is 9.55 Å². The SMILES string of the molecule is CC1(C)c2cc(-c3ccc4c(c3)c3ccccc3n4-c3ccncc3)ccc2-c2ccc(C(c3ccccc3)(c3ccccc3)c3ccccc3)cc21. The van der Waals surface area contributed by atoms with Crippen LogP contribution in [0, 0.1) is 0 Å². The molecule has 0 saturated carbocycles. The first kappa shape index (κ1) is 31.2. The molecule has 9 aromatic rings. The molecule has 0 aliphatic heterocycles. The van der Waals surface area contributed by atoms with Crippen molar-refractivity contribution >= 4 is 21.8 Å². The van der Waals surface area contributed by atoms with Crippen LogP contribution in [-0.2, 0) is 10.8 Å². The number of para-hydroxylation sites is 1. The van der Waals surface area contributed by atoms with E-state index in [0.29, 0.717) is 0 Å². The Bertz CT molecular complexity index is 2680. The van der Waals surface area contributed by atoms with Crippen LogP contribution in [0.4, 0.5) is 0 Å². The number of hydrogen-bond acceptors (Lipinski definition) is 1. The molecule has 0 unspecified atom stereocenters. The fourth-order valence-corrected chi connectivity index (χ4v) is 9.14. The van der Waals surface area contributed by atoms with Crippen LogP contribution in [0.25, 0.3) is 49.7 Å². The Hall–Kier alpha value is -6.51. The van der Waals surface area contributed by atoms with Crippen molar-refractivity contribution in [2.75, 3.05) is 0 Å². The standard InChI is InChI=1S/C51H38N2/c1-50(2)46-33-36(35-23-27-49-45(32-35)44-20-12-13-21-48(44)53(49)41-28-30-52-31-29-41)22-25-42(46)43-26-24-40(34-47(43)50)51(37-14-6-3-7-15-37,38-16-8-4-9-17-38)39-18-10-5-11-19-39/h3-34H,1-2H3. The van der Waals surface area contributed by atoms with Gasteiger partial charge in [-0.05, 0) is 92.0 Å². The minimum absolute atomic E-state index is 0.200. The Morgan fingerprint density at radius 3 is 1.58 bits per heavy atom. The van der Waals surface area contributed by atoms with Gasteiger partial charge in [0.05, 0.1) is 16.4 Å². The van der Waals surface area contributed by atoms with E-state index in [1.807, 2.05) is 12.4 Å². The second-order valence-electron chi connectivity index (χ2n) is 14.8. The molecule has 0 amide bonds. The lowest BCUT2D eigenvalue weighted by molar-refractivity contribution is 0.655. The zero-order valence-corrected chi connectivity index (χ0v) is 29.9. The van der Waals surface area contributed by atoms with Crippen LogP contribution < -0.4 is 0 Å². The number of fused-ring (bicyclic) bond motifs is 6. The number of benzene rings is 7. The van der Waals surface area contributed by atoms with Crippen molar-refractivity contribution in [3.63, 3.8) is 0 Å². The lowest BCUT2D eigenvalue weighted by Gasteiger charge is -2.37. The maximum atomic E-state index is 4.27. The monoisotopic (exact) mass is 678 g/mol. The van der Waals surface area contributed by atoms with Gasteiger partial charge < -0.3 is 4.57 Å². The Morgan fingerprint density at radius 1 is 0.434 bits per heavy atom. The fraction of sp³-hybridized carbons (Fsp3) is 0.0784. The molecule has 2 nitrogen and oxygen atoms in total. The number of rotatable bonds is 6. The molecular weight excluding hydrogens is 641 g/mol. The predicted octanol–water partition coefficient (Wildman–Crippen LogP) is 12.5. The second-order valence-corrected chi connectivity index (χ2v) is 14.8. The van der Waals surface area contributed by atoms with Gasteiger partial charge in [0.1, 0.15) is 0 Å². The molecule has 2 heterocycles. The maximum Gasteiger partial charge on any atom is 0.0701 e. The Kier molecular flexibility index (Phi) is 7.10. The molecular formula is C51H38N2. The Balaban J connectivity index is 1.12. The van der Waals surface area contributed by atoms with E-state index < -0.39 is 5.41 Å². The van der Waals surface area contributed by atoms with Crippen molar-refractivity contribution < 1.29 is 0 Å². The van der Waals surface area contributed by atoms with Crippen molar-refractivity contribution in [3.8, 4) is 27.9 Å². The minimum atomic E-state index is -0.486. The third-order valence-electron chi connectivity index (χ3n) is 11.7. The van der Waals surface area contributed by atoms with Gasteiger partial charge in [-0.2, -0.15) is 0 Å². The smallest absolute Gasteiger partial charge is 0.0701 e. The molecule has 0 saturated heterocycles. The highest BCUT2D eigenvalue weighted by Crippen LogP contribution is 2.53. The first-order valence-corrected chi connectivity index (χ1v) is 18.5. The van der Waals surface area contributed by atoms with E-state index in [2.05, 4.69) is 205 Å². The highest BCUT2D eigenvalue weighted by atomic mass is 15.0. The van der Waals surface area contributed by atoms with Gasteiger partial charge >= 0.3 is 0 Å². The van der Waals surface area contributed by atoms with Crippen LogP contribution in [0.15, 0.2) is 194 Å². The lowest BCUT2D eigenvalue weighted by Crippen LogP contribution is -2.31. The summed E-state index contributed by atoms with van der Waals surface area (Å²) in [6, 6.07) is 67.2. The molecule has 0 bridgehead atoms. The average Bonchev–Trinajstić information content (AvgIpc) is 3.67. The molecule has 7 aromatic carbocycles. The van der Waals surface area contributed by atoms with Crippen LogP contribution in [0.1, 0.15) is 47.2 Å². The molecule has 0 atom stereocenters. The molecule has 252 valence electrons. The van der Waals surface area contributed by atoms with Gasteiger partial charge in [0.25, 0.3) is 0 Å². The van der Waals surface area contributed by atoms with E-state index >= 15 is 0 Å². The van der Waals surface area contributed by atoms with Gasteiger partial charge in [0, 0.05) is 34.3 Å². The molecule has 0 fully saturated rings. The molecule has 2 aromatic heterocycles. The summed E-state index contributed by atoms with van der Waals surface area (Å²) in [5.74, 6) is 0. The summed E-state index contributed by atoms with van der Waals surface area (Å²) < 4.78 is 2.34. The number of aromatic nitrogens is 2. The zero-order chi connectivity index (χ0) is 35.6. The summed E-state index contributed by atoms with van der Waals surface area (Å²) in [5, 5.41) is 2.50. The van der Waals surface area contributed by atoms with Gasteiger partial charge in [-0.1, -0.05) is 159 Å². The van der Waals surface area contributed by atoms with E-state index in [9.17, 15) is 0 Å². The fourth-order valence-electron chi connectivity index (χ4n) is 9.14. The summed E-state index contributed by atoms with van der Waals surface area (Å²) >= 11 is 0. The topological polar surface area (TPSA) is 17.8 Å². The molecule has 0 radical (unpaired) electrons. The quantitative estimate of drug-likeness (QED) is 0.160. The highest BCUT2D eigenvalue weighted by molar-refractivity contribution is 6.10. The van der Waals surface area contributed by atoms with Crippen LogP contribution in [0.2, 0.25) is 0 Å². The predicted molar refractivity (Wildman–Crippen MR) is 220 cm³/mol. The largest absolute Gasteiger partial charge is 0.309 e. The number of hydrogen-bond donors (Lipinski definition) is 0. The van der Waals surface area contributed by atoms with Crippen molar-refractivity contribution in [2.24, 2.45) is 0 Å². The molecule has 1 aliphatic rings. The van der Waals surface area contributed by atoms with Gasteiger partial charge in [-0.15, -0.1) is 0 Å². The van der Waals surface area contributed by atoms with E-state index in [0.717, 1.165) is 5.69 Å². The molecule has 0 N–H and O–H groups in total. The van der Waals surface area contributed by atoms with Gasteiger partial charge in [-0.25, -0.2) is 0 Å².